The third-order valence-corrected chi connectivity index (χ3v) is 3.60. The molecule has 0 saturated carbocycles. The Morgan fingerprint density at radius 1 is 1.32 bits per heavy atom. The summed E-state index contributed by atoms with van der Waals surface area (Å²) in [5.74, 6) is -0.749. The molecule has 1 unspecified atom stereocenters. The second-order valence-electron chi connectivity index (χ2n) is 4.68. The number of carboxylic acids is 1. The number of benzene rings is 1. The minimum Gasteiger partial charge on any atom is -0.478 e. The molecule has 3 N–H and O–H groups in total. The molecular weight excluding hydrogens is 240 g/mol. The van der Waals surface area contributed by atoms with Crippen molar-refractivity contribution >= 4 is 5.97 Å². The lowest BCUT2D eigenvalue weighted by Gasteiger charge is -2.12. The van der Waals surface area contributed by atoms with E-state index in [0.29, 0.717) is 12.1 Å². The zero-order chi connectivity index (χ0) is 13.4. The van der Waals surface area contributed by atoms with E-state index in [2.05, 4.69) is 4.98 Å². The average Bonchev–Trinajstić information content (AvgIpc) is 2.74. The Morgan fingerprint density at radius 2 is 2.16 bits per heavy atom. The number of rotatable bonds is 3. The Kier molecular flexibility index (Phi) is 2.80. The summed E-state index contributed by atoms with van der Waals surface area (Å²) in [5.41, 5.74) is 10.1. The van der Waals surface area contributed by atoms with Crippen LogP contribution in [0, 0.1) is 0 Å². The lowest BCUT2D eigenvalue weighted by molar-refractivity contribution is 0.0697. The molecule has 96 valence electrons. The first-order chi connectivity index (χ1) is 9.22. The van der Waals surface area contributed by atoms with Gasteiger partial charge >= 0.3 is 5.97 Å². The first-order valence-corrected chi connectivity index (χ1v) is 6.25. The van der Waals surface area contributed by atoms with Gasteiger partial charge in [0.15, 0.2) is 0 Å². The predicted octanol–water partition coefficient (Wildman–Crippen LogP) is 2.24. The quantitative estimate of drug-likeness (QED) is 0.880. The molecular formula is C15H14N2O2. The van der Waals surface area contributed by atoms with E-state index < -0.39 is 5.97 Å². The molecule has 0 radical (unpaired) electrons. The number of carboxylic acid groups (broad SMARTS) is 1. The molecule has 0 fully saturated rings. The summed E-state index contributed by atoms with van der Waals surface area (Å²) in [5, 5.41) is 9.11. The number of hydrogen-bond donors (Lipinski definition) is 2. The maximum absolute atomic E-state index is 11.1. The highest BCUT2D eigenvalue weighted by Gasteiger charge is 2.29. The van der Waals surface area contributed by atoms with Crippen molar-refractivity contribution in [2.75, 3.05) is 6.54 Å². The van der Waals surface area contributed by atoms with E-state index >= 15 is 0 Å². The first-order valence-electron chi connectivity index (χ1n) is 6.25. The number of aromatic nitrogens is 1. The Labute approximate surface area is 110 Å². The van der Waals surface area contributed by atoms with Crippen LogP contribution in [0.3, 0.4) is 0 Å². The van der Waals surface area contributed by atoms with E-state index in [1.54, 1.807) is 18.3 Å². The third kappa shape index (κ3) is 1.81. The topological polar surface area (TPSA) is 76.2 Å². The summed E-state index contributed by atoms with van der Waals surface area (Å²) in [7, 11) is 0. The molecule has 2 aromatic rings. The van der Waals surface area contributed by atoms with Gasteiger partial charge in [-0.1, -0.05) is 12.1 Å². The number of aromatic carboxylic acids is 1. The molecule has 1 aliphatic rings. The van der Waals surface area contributed by atoms with Crippen molar-refractivity contribution in [3.63, 3.8) is 0 Å². The van der Waals surface area contributed by atoms with Gasteiger partial charge in [0.25, 0.3) is 0 Å². The van der Waals surface area contributed by atoms with Gasteiger partial charge in [-0.25, -0.2) is 4.79 Å². The number of hydrogen-bond acceptors (Lipinski definition) is 3. The molecule has 19 heavy (non-hydrogen) atoms. The standard InChI is InChI=1S/C15H14N2O2/c16-6-5-10-11-2-1-7-17-14(11)12-4-3-9(15(18)19)8-13(10)12/h1-4,7-8,10H,5-6,16H2,(H,18,19). The largest absolute Gasteiger partial charge is 0.478 e. The van der Waals surface area contributed by atoms with Gasteiger partial charge in [-0.2, -0.15) is 0 Å². The highest BCUT2D eigenvalue weighted by molar-refractivity contribution is 5.90. The van der Waals surface area contributed by atoms with Crippen LogP contribution in [-0.2, 0) is 0 Å². The van der Waals surface area contributed by atoms with Crippen LogP contribution in [-0.4, -0.2) is 22.6 Å². The molecule has 4 nitrogen and oxygen atoms in total. The fraction of sp³-hybridized carbons (Fsp3) is 0.200. The normalized spacial score (nSPS) is 15.9. The summed E-state index contributed by atoms with van der Waals surface area (Å²) in [6, 6.07) is 9.18. The van der Waals surface area contributed by atoms with Crippen molar-refractivity contribution in [3.05, 3.63) is 53.2 Å². The van der Waals surface area contributed by atoms with Crippen molar-refractivity contribution in [2.45, 2.75) is 12.3 Å². The zero-order valence-electron chi connectivity index (χ0n) is 10.3. The van der Waals surface area contributed by atoms with Crippen LogP contribution in [0.5, 0.6) is 0 Å². The van der Waals surface area contributed by atoms with E-state index in [9.17, 15) is 4.79 Å². The van der Waals surface area contributed by atoms with Gasteiger partial charge in [0, 0.05) is 17.7 Å². The van der Waals surface area contributed by atoms with Crippen molar-refractivity contribution < 1.29 is 9.90 Å². The number of pyridine rings is 1. The van der Waals surface area contributed by atoms with E-state index in [4.69, 9.17) is 10.8 Å². The molecule has 1 aromatic carbocycles. The molecule has 0 amide bonds. The number of fused-ring (bicyclic) bond motifs is 3. The second kappa shape index (κ2) is 4.48. The van der Waals surface area contributed by atoms with E-state index in [-0.39, 0.29) is 5.92 Å². The van der Waals surface area contributed by atoms with Crippen LogP contribution in [0.2, 0.25) is 0 Å². The van der Waals surface area contributed by atoms with Gasteiger partial charge < -0.3 is 10.8 Å². The van der Waals surface area contributed by atoms with Crippen molar-refractivity contribution in [1.82, 2.24) is 4.98 Å². The van der Waals surface area contributed by atoms with E-state index in [0.717, 1.165) is 28.8 Å². The highest BCUT2D eigenvalue weighted by Crippen LogP contribution is 2.45. The number of nitrogens with zero attached hydrogens (tertiary/aromatic N) is 1. The Hall–Kier alpha value is -2.20. The maximum atomic E-state index is 11.1. The van der Waals surface area contributed by atoms with Gasteiger partial charge in [-0.3, -0.25) is 4.98 Å². The molecule has 1 heterocycles. The van der Waals surface area contributed by atoms with E-state index in [1.807, 2.05) is 18.2 Å². The van der Waals surface area contributed by atoms with Gasteiger partial charge in [0.2, 0.25) is 0 Å². The van der Waals surface area contributed by atoms with Crippen molar-refractivity contribution in [3.8, 4) is 11.3 Å². The lowest BCUT2D eigenvalue weighted by atomic mass is 9.93. The highest BCUT2D eigenvalue weighted by atomic mass is 16.4. The molecule has 1 aliphatic carbocycles. The fourth-order valence-electron chi connectivity index (χ4n) is 2.77. The van der Waals surface area contributed by atoms with E-state index in [1.165, 1.54) is 0 Å². The molecule has 4 heteroatoms. The van der Waals surface area contributed by atoms with Crippen LogP contribution in [0.15, 0.2) is 36.5 Å². The minimum atomic E-state index is -0.904. The van der Waals surface area contributed by atoms with Crippen molar-refractivity contribution in [2.24, 2.45) is 5.73 Å². The summed E-state index contributed by atoms with van der Waals surface area (Å²) in [6.07, 6.45) is 2.56. The minimum absolute atomic E-state index is 0.156. The summed E-state index contributed by atoms with van der Waals surface area (Å²) >= 11 is 0. The second-order valence-corrected chi connectivity index (χ2v) is 4.68. The fourth-order valence-corrected chi connectivity index (χ4v) is 2.77. The third-order valence-electron chi connectivity index (χ3n) is 3.60. The predicted molar refractivity (Wildman–Crippen MR) is 72.1 cm³/mol. The molecule has 0 spiro atoms. The van der Waals surface area contributed by atoms with Crippen LogP contribution in [0.4, 0.5) is 0 Å². The summed E-state index contributed by atoms with van der Waals surface area (Å²) in [4.78, 5) is 15.5. The van der Waals surface area contributed by atoms with Crippen LogP contribution < -0.4 is 5.73 Å². The van der Waals surface area contributed by atoms with Crippen LogP contribution >= 0.6 is 0 Å². The number of carbonyl (C=O) groups is 1. The monoisotopic (exact) mass is 254 g/mol. The van der Waals surface area contributed by atoms with Crippen LogP contribution in [0.1, 0.15) is 33.8 Å². The Balaban J connectivity index is 2.19. The summed E-state index contributed by atoms with van der Waals surface area (Å²) < 4.78 is 0. The maximum Gasteiger partial charge on any atom is 0.335 e. The molecule has 1 atom stereocenters. The molecule has 1 aromatic heterocycles. The van der Waals surface area contributed by atoms with Gasteiger partial charge in [0.1, 0.15) is 0 Å². The molecule has 0 aliphatic heterocycles. The molecule has 0 saturated heterocycles. The average molecular weight is 254 g/mol. The Bertz CT molecular complexity index is 652. The van der Waals surface area contributed by atoms with Gasteiger partial charge in [-0.15, -0.1) is 0 Å². The Morgan fingerprint density at radius 3 is 2.89 bits per heavy atom. The van der Waals surface area contributed by atoms with Crippen LogP contribution in [0.25, 0.3) is 11.3 Å². The molecule has 0 bridgehead atoms. The smallest absolute Gasteiger partial charge is 0.335 e. The summed E-state index contributed by atoms with van der Waals surface area (Å²) in [6.45, 7) is 0.565. The SMILES string of the molecule is NCCC1c2cc(C(=O)O)ccc2-c2ncccc21. The zero-order valence-corrected chi connectivity index (χ0v) is 10.3. The van der Waals surface area contributed by atoms with Gasteiger partial charge in [-0.05, 0) is 42.3 Å². The lowest BCUT2D eigenvalue weighted by Crippen LogP contribution is -2.07. The number of nitrogens with two attached hydrogens (primary N) is 1. The van der Waals surface area contributed by atoms with Crippen molar-refractivity contribution in [1.29, 1.82) is 0 Å². The first kappa shape index (κ1) is 11.9. The van der Waals surface area contributed by atoms with Gasteiger partial charge in [0.05, 0.1) is 11.3 Å². The molecule has 3 rings (SSSR count).